The van der Waals surface area contributed by atoms with Crippen molar-refractivity contribution in [2.75, 3.05) is 17.6 Å². The molecule has 2 unspecified atom stereocenters. The molecule has 1 amide bonds. The highest BCUT2D eigenvalue weighted by Gasteiger charge is 2.27. The zero-order valence-corrected chi connectivity index (χ0v) is 12.2. The van der Waals surface area contributed by atoms with Crippen LogP contribution < -0.4 is 5.32 Å². The van der Waals surface area contributed by atoms with Crippen LogP contribution >= 0.6 is 22.6 Å². The van der Waals surface area contributed by atoms with Crippen molar-refractivity contribution in [2.45, 2.75) is 45.1 Å². The molecule has 16 heavy (non-hydrogen) atoms. The molecule has 1 N–H and O–H groups in total. The van der Waals surface area contributed by atoms with Crippen LogP contribution in [0.1, 0.15) is 39.0 Å². The Bertz CT molecular complexity index is 211. The first kappa shape index (κ1) is 14.2. The van der Waals surface area contributed by atoms with Crippen molar-refractivity contribution in [3.05, 3.63) is 0 Å². The van der Waals surface area contributed by atoms with Gasteiger partial charge in [-0.3, -0.25) is 4.79 Å². The van der Waals surface area contributed by atoms with Gasteiger partial charge in [0.1, 0.15) is 0 Å². The molecule has 0 spiro atoms. The Morgan fingerprint density at radius 3 is 2.75 bits per heavy atom. The summed E-state index contributed by atoms with van der Waals surface area (Å²) in [4.78, 5) is 11.7. The average molecular weight is 339 g/mol. The van der Waals surface area contributed by atoms with Crippen LogP contribution in [0.5, 0.6) is 0 Å². The number of carbonyl (C=O) groups is 1. The van der Waals surface area contributed by atoms with E-state index in [1.807, 2.05) is 6.92 Å². The maximum Gasteiger partial charge on any atom is 0.225 e. The first-order chi connectivity index (χ1) is 7.74. The Morgan fingerprint density at radius 2 is 2.12 bits per heavy atom. The molecule has 3 nitrogen and oxygen atoms in total. The fraction of sp³-hybridized carbons (Fsp3) is 0.917. The van der Waals surface area contributed by atoms with Gasteiger partial charge in [0.25, 0.3) is 0 Å². The number of nitrogens with one attached hydrogen (secondary N) is 1. The number of rotatable bonds is 7. The molecule has 2 atom stereocenters. The average Bonchev–Trinajstić information content (AvgIpc) is 2.70. The first-order valence-corrected chi connectivity index (χ1v) is 7.72. The third kappa shape index (κ3) is 5.48. The molecule has 0 aliphatic carbocycles. The van der Waals surface area contributed by atoms with Gasteiger partial charge < -0.3 is 10.1 Å². The monoisotopic (exact) mass is 339 g/mol. The molecular formula is C12H22INO2. The summed E-state index contributed by atoms with van der Waals surface area (Å²) >= 11 is 2.40. The van der Waals surface area contributed by atoms with Crippen molar-refractivity contribution in [3.63, 3.8) is 0 Å². The maximum atomic E-state index is 11.7. The van der Waals surface area contributed by atoms with Crippen molar-refractivity contribution < 1.29 is 9.53 Å². The molecule has 0 aromatic rings. The summed E-state index contributed by atoms with van der Waals surface area (Å²) in [6.45, 7) is 3.45. The molecule has 1 heterocycles. The highest BCUT2D eigenvalue weighted by molar-refractivity contribution is 14.1. The summed E-state index contributed by atoms with van der Waals surface area (Å²) in [5.41, 5.74) is 0. The zero-order chi connectivity index (χ0) is 11.8. The minimum atomic E-state index is 0.0874. The predicted molar refractivity (Wildman–Crippen MR) is 73.9 cm³/mol. The second-order valence-corrected chi connectivity index (χ2v) is 5.55. The molecule has 1 rings (SSSR count). The van der Waals surface area contributed by atoms with Crippen molar-refractivity contribution in [1.82, 2.24) is 5.32 Å². The Balaban J connectivity index is 1.98. The maximum absolute atomic E-state index is 11.7. The molecule has 0 aromatic heterocycles. The van der Waals surface area contributed by atoms with Crippen molar-refractivity contribution in [2.24, 2.45) is 5.92 Å². The molecule has 4 heteroatoms. The van der Waals surface area contributed by atoms with Crippen molar-refractivity contribution in [3.8, 4) is 0 Å². The SMILES string of the molecule is CC1CC(C(=O)NCCCCCCI)CO1. The first-order valence-electron chi connectivity index (χ1n) is 6.19. The number of halogens is 1. The van der Waals surface area contributed by atoms with E-state index in [1.54, 1.807) is 0 Å². The topological polar surface area (TPSA) is 38.3 Å². The van der Waals surface area contributed by atoms with Gasteiger partial charge in [-0.25, -0.2) is 0 Å². The van der Waals surface area contributed by atoms with E-state index in [1.165, 1.54) is 23.7 Å². The summed E-state index contributed by atoms with van der Waals surface area (Å²) in [6, 6.07) is 0. The number of unbranched alkanes of at least 4 members (excludes halogenated alkanes) is 3. The summed E-state index contributed by atoms with van der Waals surface area (Å²) in [5, 5.41) is 3.00. The number of carbonyl (C=O) groups excluding carboxylic acids is 1. The lowest BCUT2D eigenvalue weighted by Gasteiger charge is -2.09. The van der Waals surface area contributed by atoms with E-state index >= 15 is 0 Å². The number of alkyl halides is 1. The number of ether oxygens (including phenoxy) is 1. The highest BCUT2D eigenvalue weighted by atomic mass is 127. The molecule has 94 valence electrons. The van der Waals surface area contributed by atoms with Gasteiger partial charge in [0, 0.05) is 6.54 Å². The summed E-state index contributed by atoms with van der Waals surface area (Å²) in [7, 11) is 0. The fourth-order valence-electron chi connectivity index (χ4n) is 1.93. The Hall–Kier alpha value is 0.160. The third-order valence-electron chi connectivity index (χ3n) is 2.93. The van der Waals surface area contributed by atoms with Gasteiger partial charge >= 0.3 is 0 Å². The van der Waals surface area contributed by atoms with E-state index in [4.69, 9.17) is 4.74 Å². The van der Waals surface area contributed by atoms with E-state index in [9.17, 15) is 4.79 Å². The summed E-state index contributed by atoms with van der Waals surface area (Å²) in [5.74, 6) is 0.266. The fourth-order valence-corrected chi connectivity index (χ4v) is 2.47. The van der Waals surface area contributed by atoms with Crippen LogP contribution in [0.3, 0.4) is 0 Å². The van der Waals surface area contributed by atoms with E-state index in [2.05, 4.69) is 27.9 Å². The second kappa shape index (κ2) is 8.28. The second-order valence-electron chi connectivity index (χ2n) is 4.47. The van der Waals surface area contributed by atoms with Crippen molar-refractivity contribution >= 4 is 28.5 Å². The molecule has 0 radical (unpaired) electrons. The van der Waals surface area contributed by atoms with E-state index in [-0.39, 0.29) is 17.9 Å². The van der Waals surface area contributed by atoms with Crippen LogP contribution in [0.2, 0.25) is 0 Å². The summed E-state index contributed by atoms with van der Waals surface area (Å²) < 4.78 is 6.62. The Morgan fingerprint density at radius 1 is 1.38 bits per heavy atom. The molecule has 1 fully saturated rings. The number of amides is 1. The van der Waals surface area contributed by atoms with Crippen LogP contribution in [0, 0.1) is 5.92 Å². The van der Waals surface area contributed by atoms with Gasteiger partial charge in [0.2, 0.25) is 5.91 Å². The lowest BCUT2D eigenvalue weighted by atomic mass is 10.1. The molecule has 0 aromatic carbocycles. The molecular weight excluding hydrogens is 317 g/mol. The molecule has 0 bridgehead atoms. The summed E-state index contributed by atoms with van der Waals surface area (Å²) in [6.07, 6.45) is 6.03. The van der Waals surface area contributed by atoms with Gasteiger partial charge in [-0.15, -0.1) is 0 Å². The predicted octanol–water partition coefficient (Wildman–Crippen LogP) is 2.52. The van der Waals surface area contributed by atoms with Crippen LogP contribution in [0.4, 0.5) is 0 Å². The number of hydrogen-bond donors (Lipinski definition) is 1. The standard InChI is InChI=1S/C12H22INO2/c1-10-8-11(9-16-10)12(15)14-7-5-3-2-4-6-13/h10-11H,2-9H2,1H3,(H,14,15). The van der Waals surface area contributed by atoms with Crippen molar-refractivity contribution in [1.29, 1.82) is 0 Å². The quantitative estimate of drug-likeness (QED) is 0.440. The molecule has 0 saturated carbocycles. The van der Waals surface area contributed by atoms with E-state index in [0.717, 1.165) is 19.4 Å². The normalized spacial score (nSPS) is 24.6. The lowest BCUT2D eigenvalue weighted by Crippen LogP contribution is -2.31. The van der Waals surface area contributed by atoms with Crippen LogP contribution in [-0.4, -0.2) is 29.6 Å². The minimum absolute atomic E-state index is 0.0874. The van der Waals surface area contributed by atoms with E-state index in [0.29, 0.717) is 6.61 Å². The molecule has 1 saturated heterocycles. The largest absolute Gasteiger partial charge is 0.378 e. The molecule has 1 aliphatic rings. The Labute approximate surface area is 112 Å². The van der Waals surface area contributed by atoms with Crippen LogP contribution in [0.15, 0.2) is 0 Å². The third-order valence-corrected chi connectivity index (χ3v) is 3.69. The van der Waals surface area contributed by atoms with Gasteiger partial charge in [0.05, 0.1) is 18.6 Å². The minimum Gasteiger partial charge on any atom is -0.378 e. The number of hydrogen-bond acceptors (Lipinski definition) is 2. The van der Waals surface area contributed by atoms with Gasteiger partial charge in [-0.1, -0.05) is 35.4 Å². The Kier molecular flexibility index (Phi) is 7.36. The van der Waals surface area contributed by atoms with Gasteiger partial charge in [-0.05, 0) is 30.6 Å². The smallest absolute Gasteiger partial charge is 0.225 e. The molecule has 1 aliphatic heterocycles. The highest BCUT2D eigenvalue weighted by Crippen LogP contribution is 2.18. The van der Waals surface area contributed by atoms with Crippen LogP contribution in [0.25, 0.3) is 0 Å². The lowest BCUT2D eigenvalue weighted by molar-refractivity contribution is -0.124. The van der Waals surface area contributed by atoms with Gasteiger partial charge in [0.15, 0.2) is 0 Å². The zero-order valence-electron chi connectivity index (χ0n) is 10.0. The van der Waals surface area contributed by atoms with Gasteiger partial charge in [-0.2, -0.15) is 0 Å². The van der Waals surface area contributed by atoms with E-state index < -0.39 is 0 Å². The van der Waals surface area contributed by atoms with Crippen LogP contribution in [-0.2, 0) is 9.53 Å².